The number of hydrogen-bond acceptors (Lipinski definition) is 5. The Morgan fingerprint density at radius 1 is 1.25 bits per heavy atom. The molecule has 0 spiro atoms. The summed E-state index contributed by atoms with van der Waals surface area (Å²) in [6, 6.07) is 0. The number of rotatable bonds is 1. The van der Waals surface area contributed by atoms with E-state index in [9.17, 15) is 8.42 Å². The second kappa shape index (κ2) is 4.01. The van der Waals surface area contributed by atoms with E-state index in [1.54, 1.807) is 6.20 Å². The molecule has 2 heterocycles. The summed E-state index contributed by atoms with van der Waals surface area (Å²) in [5.41, 5.74) is 1.71. The van der Waals surface area contributed by atoms with Crippen molar-refractivity contribution in [2.24, 2.45) is 0 Å². The lowest BCUT2D eigenvalue weighted by Gasteiger charge is -2.28. The molecule has 0 radical (unpaired) electrons. The molecule has 0 atom stereocenters. The zero-order chi connectivity index (χ0) is 11.8. The predicted octanol–water partition coefficient (Wildman–Crippen LogP) is 0.328. The molecule has 16 heavy (non-hydrogen) atoms. The quantitative estimate of drug-likeness (QED) is 0.709. The summed E-state index contributed by atoms with van der Waals surface area (Å²) in [6.45, 7) is 4.81. The summed E-state index contributed by atoms with van der Waals surface area (Å²) < 4.78 is 22.6. The van der Waals surface area contributed by atoms with Crippen LogP contribution in [0, 0.1) is 13.8 Å². The number of nitrogens with zero attached hydrogens (tertiary/aromatic N) is 3. The summed E-state index contributed by atoms with van der Waals surface area (Å²) in [6.07, 6.45) is 1.72. The van der Waals surface area contributed by atoms with Crippen LogP contribution in [0.4, 0.5) is 5.82 Å². The molecule has 0 aromatic carbocycles. The summed E-state index contributed by atoms with van der Waals surface area (Å²) in [5, 5.41) is 0. The van der Waals surface area contributed by atoms with E-state index in [2.05, 4.69) is 9.97 Å². The average Bonchev–Trinajstić information content (AvgIpc) is 2.22. The lowest BCUT2D eigenvalue weighted by molar-refractivity contribution is 0.586. The monoisotopic (exact) mass is 241 g/mol. The van der Waals surface area contributed by atoms with E-state index >= 15 is 0 Å². The van der Waals surface area contributed by atoms with Crippen LogP contribution in [-0.2, 0) is 9.84 Å². The van der Waals surface area contributed by atoms with Crippen molar-refractivity contribution in [3.8, 4) is 0 Å². The summed E-state index contributed by atoms with van der Waals surface area (Å²) in [5.74, 6) is 1.24. The van der Waals surface area contributed by atoms with Crippen molar-refractivity contribution in [3.05, 3.63) is 17.6 Å². The van der Waals surface area contributed by atoms with E-state index < -0.39 is 9.84 Å². The van der Waals surface area contributed by atoms with Crippen molar-refractivity contribution in [1.82, 2.24) is 9.97 Å². The van der Waals surface area contributed by atoms with Crippen molar-refractivity contribution >= 4 is 15.7 Å². The van der Waals surface area contributed by atoms with Crippen LogP contribution in [0.5, 0.6) is 0 Å². The number of hydrogen-bond donors (Lipinski definition) is 0. The third-order valence-electron chi connectivity index (χ3n) is 2.69. The zero-order valence-electron chi connectivity index (χ0n) is 9.47. The maximum Gasteiger partial charge on any atom is 0.153 e. The highest BCUT2D eigenvalue weighted by molar-refractivity contribution is 7.91. The van der Waals surface area contributed by atoms with Gasteiger partial charge in [0.1, 0.15) is 5.82 Å². The number of sulfone groups is 1. The van der Waals surface area contributed by atoms with Gasteiger partial charge in [0.05, 0.1) is 22.9 Å². The molecular weight excluding hydrogens is 226 g/mol. The Labute approximate surface area is 95.4 Å². The van der Waals surface area contributed by atoms with Crippen LogP contribution in [0.25, 0.3) is 0 Å². The van der Waals surface area contributed by atoms with Gasteiger partial charge in [0.25, 0.3) is 0 Å². The molecular formula is C10H15N3O2S. The van der Waals surface area contributed by atoms with Crippen LogP contribution >= 0.6 is 0 Å². The van der Waals surface area contributed by atoms with Crippen LogP contribution in [0.3, 0.4) is 0 Å². The molecule has 1 aromatic rings. The van der Waals surface area contributed by atoms with Gasteiger partial charge >= 0.3 is 0 Å². The molecule has 88 valence electrons. The van der Waals surface area contributed by atoms with Gasteiger partial charge in [0.2, 0.25) is 0 Å². The summed E-state index contributed by atoms with van der Waals surface area (Å²) in [4.78, 5) is 10.6. The Morgan fingerprint density at radius 2 is 1.88 bits per heavy atom. The first-order valence-corrected chi connectivity index (χ1v) is 7.06. The largest absolute Gasteiger partial charge is 0.353 e. The van der Waals surface area contributed by atoms with Crippen LogP contribution in [0.15, 0.2) is 6.20 Å². The van der Waals surface area contributed by atoms with Gasteiger partial charge in [-0.2, -0.15) is 0 Å². The summed E-state index contributed by atoms with van der Waals surface area (Å²) in [7, 11) is -2.84. The molecule has 1 fully saturated rings. The van der Waals surface area contributed by atoms with E-state index in [-0.39, 0.29) is 11.5 Å². The summed E-state index contributed by atoms with van der Waals surface area (Å²) >= 11 is 0. The third kappa shape index (κ3) is 2.32. The first kappa shape index (κ1) is 11.3. The minimum Gasteiger partial charge on any atom is -0.353 e. The van der Waals surface area contributed by atoms with E-state index in [0.29, 0.717) is 13.1 Å². The van der Waals surface area contributed by atoms with Gasteiger partial charge in [-0.3, -0.25) is 4.98 Å². The van der Waals surface area contributed by atoms with E-state index in [4.69, 9.17) is 0 Å². The van der Waals surface area contributed by atoms with Gasteiger partial charge in [-0.1, -0.05) is 0 Å². The fourth-order valence-electron chi connectivity index (χ4n) is 1.75. The van der Waals surface area contributed by atoms with Crippen molar-refractivity contribution in [3.63, 3.8) is 0 Å². The standard InChI is InChI=1S/C10H15N3O2S/c1-8-7-11-9(2)10(12-8)13-3-5-16(14,15)6-4-13/h7H,3-6H2,1-2H3. The minimum atomic E-state index is -2.84. The average molecular weight is 241 g/mol. The number of aryl methyl sites for hydroxylation is 2. The second-order valence-electron chi connectivity index (χ2n) is 4.06. The molecule has 6 heteroatoms. The Hall–Kier alpha value is -1.17. The minimum absolute atomic E-state index is 0.210. The Kier molecular flexibility index (Phi) is 2.84. The van der Waals surface area contributed by atoms with Crippen molar-refractivity contribution in [2.45, 2.75) is 13.8 Å². The van der Waals surface area contributed by atoms with Crippen LogP contribution in [-0.4, -0.2) is 43.0 Å². The molecule has 0 aliphatic carbocycles. The van der Waals surface area contributed by atoms with Crippen LogP contribution < -0.4 is 4.90 Å². The van der Waals surface area contributed by atoms with Gasteiger partial charge < -0.3 is 4.90 Å². The van der Waals surface area contributed by atoms with Crippen molar-refractivity contribution < 1.29 is 8.42 Å². The van der Waals surface area contributed by atoms with Gasteiger partial charge in [-0.05, 0) is 13.8 Å². The Morgan fingerprint density at radius 3 is 2.50 bits per heavy atom. The molecule has 1 aromatic heterocycles. The fourth-order valence-corrected chi connectivity index (χ4v) is 2.95. The number of aromatic nitrogens is 2. The van der Waals surface area contributed by atoms with Gasteiger partial charge in [-0.25, -0.2) is 13.4 Å². The first-order valence-electron chi connectivity index (χ1n) is 5.23. The molecule has 0 bridgehead atoms. The van der Waals surface area contributed by atoms with Crippen LogP contribution in [0.1, 0.15) is 11.4 Å². The highest BCUT2D eigenvalue weighted by atomic mass is 32.2. The lowest BCUT2D eigenvalue weighted by Crippen LogP contribution is -2.41. The zero-order valence-corrected chi connectivity index (χ0v) is 10.3. The normalized spacial score (nSPS) is 19.8. The lowest BCUT2D eigenvalue weighted by atomic mass is 10.3. The molecule has 0 unspecified atom stereocenters. The smallest absolute Gasteiger partial charge is 0.153 e. The molecule has 5 nitrogen and oxygen atoms in total. The van der Waals surface area contributed by atoms with Crippen LogP contribution in [0.2, 0.25) is 0 Å². The maximum absolute atomic E-state index is 11.3. The van der Waals surface area contributed by atoms with Gasteiger partial charge in [0.15, 0.2) is 9.84 Å². The molecule has 0 saturated carbocycles. The van der Waals surface area contributed by atoms with Crippen molar-refractivity contribution in [2.75, 3.05) is 29.5 Å². The maximum atomic E-state index is 11.3. The van der Waals surface area contributed by atoms with E-state index in [1.165, 1.54) is 0 Å². The topological polar surface area (TPSA) is 63.2 Å². The van der Waals surface area contributed by atoms with E-state index in [0.717, 1.165) is 17.2 Å². The highest BCUT2D eigenvalue weighted by Crippen LogP contribution is 2.17. The molecule has 0 amide bonds. The van der Waals surface area contributed by atoms with Crippen molar-refractivity contribution in [1.29, 1.82) is 0 Å². The Bertz CT molecular complexity index is 485. The van der Waals surface area contributed by atoms with Gasteiger partial charge in [-0.15, -0.1) is 0 Å². The SMILES string of the molecule is Cc1cnc(C)c(N2CCS(=O)(=O)CC2)n1. The highest BCUT2D eigenvalue weighted by Gasteiger charge is 2.23. The van der Waals surface area contributed by atoms with E-state index in [1.807, 2.05) is 18.7 Å². The Balaban J connectivity index is 2.23. The molecule has 1 aliphatic heterocycles. The number of anilines is 1. The molecule has 1 saturated heterocycles. The second-order valence-corrected chi connectivity index (χ2v) is 6.36. The third-order valence-corrected chi connectivity index (χ3v) is 4.30. The molecule has 0 N–H and O–H groups in total. The van der Waals surface area contributed by atoms with Gasteiger partial charge in [0, 0.05) is 19.3 Å². The predicted molar refractivity (Wildman–Crippen MR) is 62.4 cm³/mol. The molecule has 2 rings (SSSR count). The molecule has 1 aliphatic rings. The fraction of sp³-hybridized carbons (Fsp3) is 0.600. The first-order chi connectivity index (χ1) is 7.48.